The van der Waals surface area contributed by atoms with Crippen LogP contribution in [0.3, 0.4) is 0 Å². The number of nitrogens with zero attached hydrogens (tertiary/aromatic N) is 1. The number of carbonyl (C=O) groups is 1. The smallest absolute Gasteiger partial charge is 0.308 e. The maximum atomic E-state index is 11.2. The predicted molar refractivity (Wildman–Crippen MR) is 77.3 cm³/mol. The summed E-state index contributed by atoms with van der Waals surface area (Å²) in [6.45, 7) is 3.38. The molecule has 1 N–H and O–H groups in total. The Bertz CT molecular complexity index is 292. The molecule has 0 aromatic carbocycles. The summed E-state index contributed by atoms with van der Waals surface area (Å²) in [6, 6.07) is 0.925. The number of fused-ring (bicyclic) bond motifs is 2. The molecule has 2 aliphatic rings. The highest BCUT2D eigenvalue weighted by Gasteiger charge is 2.48. The van der Waals surface area contributed by atoms with Gasteiger partial charge in [0.15, 0.2) is 0 Å². The Labute approximate surface area is 117 Å². The van der Waals surface area contributed by atoms with Crippen molar-refractivity contribution in [2.75, 3.05) is 6.54 Å². The van der Waals surface area contributed by atoms with Crippen LogP contribution in [0.15, 0.2) is 0 Å². The van der Waals surface area contributed by atoms with Crippen molar-refractivity contribution in [3.8, 4) is 0 Å². The van der Waals surface area contributed by atoms with E-state index >= 15 is 0 Å². The fourth-order valence-corrected chi connectivity index (χ4v) is 3.97. The van der Waals surface area contributed by atoms with E-state index in [1.165, 1.54) is 51.4 Å². The summed E-state index contributed by atoms with van der Waals surface area (Å²) in [5.41, 5.74) is 0. The summed E-state index contributed by atoms with van der Waals surface area (Å²) < 4.78 is 0. The number of aliphatic carboxylic acids is 1. The molecule has 2 rings (SSSR count). The Hall–Kier alpha value is -0.570. The molecule has 3 atom stereocenters. The minimum Gasteiger partial charge on any atom is -0.481 e. The first-order chi connectivity index (χ1) is 9.24. The lowest BCUT2D eigenvalue weighted by atomic mass is 9.89. The van der Waals surface area contributed by atoms with Crippen molar-refractivity contribution in [1.82, 2.24) is 4.90 Å². The van der Waals surface area contributed by atoms with Crippen molar-refractivity contribution < 1.29 is 9.90 Å². The van der Waals surface area contributed by atoms with E-state index in [9.17, 15) is 9.90 Å². The Morgan fingerprint density at radius 3 is 2.42 bits per heavy atom. The largest absolute Gasteiger partial charge is 0.481 e. The summed E-state index contributed by atoms with van der Waals surface area (Å²) >= 11 is 0. The highest BCUT2D eigenvalue weighted by molar-refractivity contribution is 5.71. The lowest BCUT2D eigenvalue weighted by Gasteiger charge is -2.22. The molecule has 0 saturated carbocycles. The number of carboxylic acid groups (broad SMARTS) is 1. The number of hydrogen-bond donors (Lipinski definition) is 1. The van der Waals surface area contributed by atoms with E-state index in [-0.39, 0.29) is 5.92 Å². The third-order valence-corrected chi connectivity index (χ3v) is 5.02. The van der Waals surface area contributed by atoms with E-state index in [1.807, 2.05) is 0 Å². The van der Waals surface area contributed by atoms with Gasteiger partial charge in [-0.05, 0) is 32.2 Å². The van der Waals surface area contributed by atoms with E-state index in [1.54, 1.807) is 0 Å². The van der Waals surface area contributed by atoms with Crippen LogP contribution in [-0.2, 0) is 4.79 Å². The topological polar surface area (TPSA) is 40.5 Å². The lowest BCUT2D eigenvalue weighted by molar-refractivity contribution is -0.142. The zero-order valence-electron chi connectivity index (χ0n) is 12.3. The third kappa shape index (κ3) is 3.71. The van der Waals surface area contributed by atoms with Crippen molar-refractivity contribution in [1.29, 1.82) is 0 Å². The molecule has 0 aliphatic carbocycles. The third-order valence-electron chi connectivity index (χ3n) is 5.02. The Morgan fingerprint density at radius 1 is 1.11 bits per heavy atom. The maximum Gasteiger partial charge on any atom is 0.308 e. The molecule has 0 radical (unpaired) electrons. The van der Waals surface area contributed by atoms with Gasteiger partial charge in [-0.15, -0.1) is 0 Å². The average Bonchev–Trinajstić information content (AvgIpc) is 2.95. The molecule has 2 heterocycles. The molecule has 3 nitrogen and oxygen atoms in total. The molecule has 3 unspecified atom stereocenters. The Balaban J connectivity index is 1.61. The molecule has 3 heteroatoms. The van der Waals surface area contributed by atoms with Gasteiger partial charge in [0.25, 0.3) is 0 Å². The minimum atomic E-state index is -0.572. The Morgan fingerprint density at radius 2 is 1.79 bits per heavy atom. The highest BCUT2D eigenvalue weighted by Crippen LogP contribution is 2.41. The number of unbranched alkanes of at least 4 members (excludes halogenated alkanes) is 6. The molecule has 2 fully saturated rings. The van der Waals surface area contributed by atoms with Crippen LogP contribution in [0, 0.1) is 5.92 Å². The van der Waals surface area contributed by atoms with Gasteiger partial charge in [0, 0.05) is 12.1 Å². The molecule has 110 valence electrons. The number of carboxylic acids is 1. The molecular formula is C16H29NO2. The summed E-state index contributed by atoms with van der Waals surface area (Å²) in [7, 11) is 0. The second-order valence-electron chi connectivity index (χ2n) is 6.34. The van der Waals surface area contributed by atoms with E-state index in [4.69, 9.17) is 0 Å². The van der Waals surface area contributed by atoms with Gasteiger partial charge in [-0.3, -0.25) is 9.69 Å². The van der Waals surface area contributed by atoms with Crippen LogP contribution in [0.25, 0.3) is 0 Å². The summed E-state index contributed by atoms with van der Waals surface area (Å²) in [4.78, 5) is 13.7. The summed E-state index contributed by atoms with van der Waals surface area (Å²) in [6.07, 6.45) is 12.6. The van der Waals surface area contributed by atoms with Crippen molar-refractivity contribution in [2.45, 2.75) is 83.2 Å². The van der Waals surface area contributed by atoms with Crippen molar-refractivity contribution in [3.05, 3.63) is 0 Å². The second kappa shape index (κ2) is 7.28. The molecule has 2 aliphatic heterocycles. The SMILES string of the molecule is CCCCCCCCCN1C2CCC1C(C(=O)O)C2. The van der Waals surface area contributed by atoms with E-state index in [2.05, 4.69) is 11.8 Å². The van der Waals surface area contributed by atoms with Crippen LogP contribution in [0.1, 0.15) is 71.1 Å². The molecule has 2 saturated heterocycles. The molecule has 19 heavy (non-hydrogen) atoms. The average molecular weight is 267 g/mol. The van der Waals surface area contributed by atoms with E-state index in [0.29, 0.717) is 12.1 Å². The van der Waals surface area contributed by atoms with Crippen LogP contribution >= 0.6 is 0 Å². The molecule has 0 amide bonds. The van der Waals surface area contributed by atoms with Gasteiger partial charge in [-0.25, -0.2) is 0 Å². The molecule has 0 aromatic heterocycles. The summed E-state index contributed by atoms with van der Waals surface area (Å²) in [5, 5.41) is 9.22. The fraction of sp³-hybridized carbons (Fsp3) is 0.938. The van der Waals surface area contributed by atoms with Gasteiger partial charge in [0.2, 0.25) is 0 Å². The Kier molecular flexibility index (Phi) is 5.68. The van der Waals surface area contributed by atoms with Crippen LogP contribution in [0.4, 0.5) is 0 Å². The first-order valence-corrected chi connectivity index (χ1v) is 8.22. The molecule has 0 aromatic rings. The summed E-state index contributed by atoms with van der Waals surface area (Å²) in [5.74, 6) is -0.653. The van der Waals surface area contributed by atoms with Crippen molar-refractivity contribution >= 4 is 5.97 Å². The first-order valence-electron chi connectivity index (χ1n) is 8.22. The van der Waals surface area contributed by atoms with Crippen LogP contribution in [-0.4, -0.2) is 34.6 Å². The van der Waals surface area contributed by atoms with Crippen LogP contribution in [0.5, 0.6) is 0 Å². The van der Waals surface area contributed by atoms with Gasteiger partial charge >= 0.3 is 5.97 Å². The fourth-order valence-electron chi connectivity index (χ4n) is 3.97. The maximum absolute atomic E-state index is 11.2. The normalized spacial score (nSPS) is 30.1. The first kappa shape index (κ1) is 14.8. The van der Waals surface area contributed by atoms with Crippen LogP contribution < -0.4 is 0 Å². The molecular weight excluding hydrogens is 238 g/mol. The molecule has 2 bridgehead atoms. The number of hydrogen-bond acceptors (Lipinski definition) is 2. The van der Waals surface area contributed by atoms with Crippen molar-refractivity contribution in [3.63, 3.8) is 0 Å². The van der Waals surface area contributed by atoms with Crippen LogP contribution in [0.2, 0.25) is 0 Å². The standard InChI is InChI=1S/C16H29NO2/c1-2-3-4-5-6-7-8-11-17-13-9-10-15(17)14(12-13)16(18)19/h13-15H,2-12H2,1H3,(H,18,19). The lowest BCUT2D eigenvalue weighted by Crippen LogP contribution is -2.33. The zero-order valence-corrected chi connectivity index (χ0v) is 12.3. The highest BCUT2D eigenvalue weighted by atomic mass is 16.4. The van der Waals surface area contributed by atoms with Gasteiger partial charge < -0.3 is 5.11 Å². The monoisotopic (exact) mass is 267 g/mol. The van der Waals surface area contributed by atoms with E-state index < -0.39 is 5.97 Å². The predicted octanol–water partition coefficient (Wildman–Crippen LogP) is 3.67. The molecule has 0 spiro atoms. The second-order valence-corrected chi connectivity index (χ2v) is 6.34. The number of rotatable bonds is 9. The van der Waals surface area contributed by atoms with Crippen molar-refractivity contribution in [2.24, 2.45) is 5.92 Å². The zero-order chi connectivity index (χ0) is 13.7. The minimum absolute atomic E-state index is 0.0803. The van der Waals surface area contributed by atoms with Gasteiger partial charge in [0.1, 0.15) is 0 Å². The quantitative estimate of drug-likeness (QED) is 0.648. The van der Waals surface area contributed by atoms with Gasteiger partial charge in [0.05, 0.1) is 5.92 Å². The van der Waals surface area contributed by atoms with Gasteiger partial charge in [-0.1, -0.05) is 45.4 Å². The van der Waals surface area contributed by atoms with E-state index in [0.717, 1.165) is 19.4 Å². The van der Waals surface area contributed by atoms with Gasteiger partial charge in [-0.2, -0.15) is 0 Å².